The molecule has 2 N–H and O–H groups in total. The van der Waals surface area contributed by atoms with E-state index in [-0.39, 0.29) is 24.9 Å². The fourth-order valence-corrected chi connectivity index (χ4v) is 1.70. The SMILES string of the molecule is CC(C(=O)O)N(C)CC(=O)NCCOc1cccc(Cl)c1.Cl. The number of carbonyl (C=O) groups is 2. The minimum absolute atomic E-state index is 0. The monoisotopic (exact) mass is 350 g/mol. The molecule has 1 aromatic carbocycles. The quantitative estimate of drug-likeness (QED) is 0.697. The molecule has 1 aromatic rings. The molecule has 1 amide bonds. The van der Waals surface area contributed by atoms with Gasteiger partial charge in [0.2, 0.25) is 5.91 Å². The molecule has 0 fully saturated rings. The van der Waals surface area contributed by atoms with Gasteiger partial charge in [-0.05, 0) is 32.2 Å². The number of carbonyl (C=O) groups excluding carboxylic acids is 1. The number of carboxylic acids is 1. The Bertz CT molecular complexity index is 499. The first-order valence-electron chi connectivity index (χ1n) is 6.48. The number of nitrogens with zero attached hydrogens (tertiary/aromatic N) is 1. The van der Waals surface area contributed by atoms with Crippen molar-refractivity contribution in [1.82, 2.24) is 10.2 Å². The summed E-state index contributed by atoms with van der Waals surface area (Å²) in [5.41, 5.74) is 0. The molecule has 0 saturated carbocycles. The molecule has 0 aliphatic heterocycles. The van der Waals surface area contributed by atoms with Crippen molar-refractivity contribution in [2.75, 3.05) is 26.7 Å². The van der Waals surface area contributed by atoms with Crippen molar-refractivity contribution in [3.63, 3.8) is 0 Å². The Morgan fingerprint density at radius 1 is 1.45 bits per heavy atom. The molecule has 0 spiro atoms. The van der Waals surface area contributed by atoms with Gasteiger partial charge in [-0.2, -0.15) is 0 Å². The number of rotatable bonds is 8. The number of likely N-dealkylation sites (N-methyl/N-ethyl adjacent to an activating group) is 1. The largest absolute Gasteiger partial charge is 0.492 e. The Hall–Kier alpha value is -1.50. The van der Waals surface area contributed by atoms with Crippen molar-refractivity contribution in [3.8, 4) is 5.75 Å². The highest BCUT2D eigenvalue weighted by molar-refractivity contribution is 6.30. The second-order valence-corrected chi connectivity index (χ2v) is 5.02. The van der Waals surface area contributed by atoms with Gasteiger partial charge in [-0.25, -0.2) is 0 Å². The maximum atomic E-state index is 11.6. The molecule has 8 heteroatoms. The van der Waals surface area contributed by atoms with Crippen LogP contribution in [0.25, 0.3) is 0 Å². The van der Waals surface area contributed by atoms with Crippen molar-refractivity contribution in [1.29, 1.82) is 0 Å². The van der Waals surface area contributed by atoms with Crippen molar-refractivity contribution >= 4 is 35.9 Å². The first kappa shape index (κ1) is 20.5. The van der Waals surface area contributed by atoms with E-state index in [9.17, 15) is 9.59 Å². The number of amides is 1. The van der Waals surface area contributed by atoms with E-state index >= 15 is 0 Å². The summed E-state index contributed by atoms with van der Waals surface area (Å²) < 4.78 is 5.42. The third kappa shape index (κ3) is 7.49. The van der Waals surface area contributed by atoms with Gasteiger partial charge >= 0.3 is 5.97 Å². The number of ether oxygens (including phenoxy) is 1. The van der Waals surface area contributed by atoms with Crippen LogP contribution in [0.15, 0.2) is 24.3 Å². The third-order valence-electron chi connectivity index (χ3n) is 2.90. The van der Waals surface area contributed by atoms with Crippen molar-refractivity contribution < 1.29 is 19.4 Å². The number of halogens is 2. The van der Waals surface area contributed by atoms with Crippen LogP contribution in [0, 0.1) is 0 Å². The average molecular weight is 351 g/mol. The second kappa shape index (κ2) is 10.3. The summed E-state index contributed by atoms with van der Waals surface area (Å²) in [4.78, 5) is 23.8. The predicted molar refractivity (Wildman–Crippen MR) is 86.9 cm³/mol. The molecular formula is C14H20Cl2N2O4. The van der Waals surface area contributed by atoms with Gasteiger partial charge in [0.15, 0.2) is 0 Å². The zero-order valence-corrected chi connectivity index (χ0v) is 14.0. The van der Waals surface area contributed by atoms with Gasteiger partial charge in [-0.3, -0.25) is 14.5 Å². The zero-order valence-electron chi connectivity index (χ0n) is 12.4. The number of aliphatic carboxylic acids is 1. The molecule has 0 aromatic heterocycles. The summed E-state index contributed by atoms with van der Waals surface area (Å²) >= 11 is 5.82. The number of benzene rings is 1. The Morgan fingerprint density at radius 3 is 2.73 bits per heavy atom. The lowest BCUT2D eigenvalue weighted by atomic mass is 10.3. The molecule has 0 saturated heterocycles. The highest BCUT2D eigenvalue weighted by atomic mass is 35.5. The smallest absolute Gasteiger partial charge is 0.320 e. The van der Waals surface area contributed by atoms with Crippen LogP contribution in [-0.4, -0.2) is 54.7 Å². The maximum absolute atomic E-state index is 11.6. The first-order valence-corrected chi connectivity index (χ1v) is 6.86. The fraction of sp³-hybridized carbons (Fsp3) is 0.429. The fourth-order valence-electron chi connectivity index (χ4n) is 1.52. The molecule has 0 radical (unpaired) electrons. The Morgan fingerprint density at radius 2 is 2.14 bits per heavy atom. The summed E-state index contributed by atoms with van der Waals surface area (Å²) in [6, 6.07) is 6.27. The number of hydrogen-bond donors (Lipinski definition) is 2. The van der Waals surface area contributed by atoms with E-state index in [0.29, 0.717) is 23.9 Å². The van der Waals surface area contributed by atoms with Crippen LogP contribution in [0.3, 0.4) is 0 Å². The van der Waals surface area contributed by atoms with Crippen molar-refractivity contribution in [2.45, 2.75) is 13.0 Å². The van der Waals surface area contributed by atoms with Crippen LogP contribution in [0.2, 0.25) is 5.02 Å². The zero-order chi connectivity index (χ0) is 15.8. The summed E-state index contributed by atoms with van der Waals surface area (Å²) in [6.45, 7) is 2.19. The highest BCUT2D eigenvalue weighted by Crippen LogP contribution is 2.16. The van der Waals surface area contributed by atoms with Gasteiger partial charge in [0.25, 0.3) is 0 Å². The van der Waals surface area contributed by atoms with E-state index in [4.69, 9.17) is 21.4 Å². The van der Waals surface area contributed by atoms with Gasteiger partial charge in [-0.15, -0.1) is 12.4 Å². The topological polar surface area (TPSA) is 78.9 Å². The Kier molecular flexibility index (Phi) is 9.56. The van der Waals surface area contributed by atoms with Gasteiger partial charge in [-0.1, -0.05) is 17.7 Å². The van der Waals surface area contributed by atoms with E-state index in [2.05, 4.69) is 5.32 Å². The number of nitrogens with one attached hydrogen (secondary N) is 1. The molecule has 22 heavy (non-hydrogen) atoms. The van der Waals surface area contributed by atoms with Crippen LogP contribution in [-0.2, 0) is 9.59 Å². The number of hydrogen-bond acceptors (Lipinski definition) is 4. The average Bonchev–Trinajstić information content (AvgIpc) is 2.42. The Labute approximate surface area is 140 Å². The van der Waals surface area contributed by atoms with Crippen LogP contribution < -0.4 is 10.1 Å². The van der Waals surface area contributed by atoms with E-state index in [1.165, 1.54) is 11.8 Å². The Balaban J connectivity index is 0.00000441. The van der Waals surface area contributed by atoms with Crippen LogP contribution in [0.4, 0.5) is 0 Å². The van der Waals surface area contributed by atoms with E-state index in [1.54, 1.807) is 31.3 Å². The summed E-state index contributed by atoms with van der Waals surface area (Å²) in [6.07, 6.45) is 0. The minimum Gasteiger partial charge on any atom is -0.492 e. The summed E-state index contributed by atoms with van der Waals surface area (Å²) in [5, 5.41) is 12.1. The van der Waals surface area contributed by atoms with Crippen LogP contribution >= 0.6 is 24.0 Å². The molecule has 124 valence electrons. The third-order valence-corrected chi connectivity index (χ3v) is 3.14. The standard InChI is InChI=1S/C14H19ClN2O4.ClH/c1-10(14(19)20)17(2)9-13(18)16-6-7-21-12-5-3-4-11(15)8-12;/h3-5,8,10H,6-7,9H2,1-2H3,(H,16,18)(H,19,20);1H. The van der Waals surface area contributed by atoms with E-state index in [0.717, 1.165) is 0 Å². The van der Waals surface area contributed by atoms with Crippen molar-refractivity contribution in [3.05, 3.63) is 29.3 Å². The summed E-state index contributed by atoms with van der Waals surface area (Å²) in [7, 11) is 1.58. The second-order valence-electron chi connectivity index (χ2n) is 4.59. The summed E-state index contributed by atoms with van der Waals surface area (Å²) in [5.74, 6) is -0.580. The molecule has 0 aliphatic carbocycles. The number of carboxylic acid groups (broad SMARTS) is 1. The first-order chi connectivity index (χ1) is 9.90. The van der Waals surface area contributed by atoms with Crippen LogP contribution in [0.1, 0.15) is 6.92 Å². The van der Waals surface area contributed by atoms with Gasteiger partial charge in [0, 0.05) is 5.02 Å². The van der Waals surface area contributed by atoms with Crippen LogP contribution in [0.5, 0.6) is 5.75 Å². The molecule has 1 rings (SSSR count). The molecule has 0 heterocycles. The molecule has 0 aliphatic rings. The maximum Gasteiger partial charge on any atom is 0.320 e. The van der Waals surface area contributed by atoms with Gasteiger partial charge in [0.1, 0.15) is 18.4 Å². The van der Waals surface area contributed by atoms with E-state index < -0.39 is 12.0 Å². The molecule has 6 nitrogen and oxygen atoms in total. The van der Waals surface area contributed by atoms with Gasteiger partial charge < -0.3 is 15.2 Å². The predicted octanol–water partition coefficient (Wildman–Crippen LogP) is 1.66. The lowest BCUT2D eigenvalue weighted by Gasteiger charge is -2.20. The molecule has 1 unspecified atom stereocenters. The highest BCUT2D eigenvalue weighted by Gasteiger charge is 2.18. The van der Waals surface area contributed by atoms with Crippen molar-refractivity contribution in [2.24, 2.45) is 0 Å². The lowest BCUT2D eigenvalue weighted by Crippen LogP contribution is -2.43. The normalized spacial score (nSPS) is 11.5. The van der Waals surface area contributed by atoms with Gasteiger partial charge in [0.05, 0.1) is 13.1 Å². The molecule has 0 bridgehead atoms. The van der Waals surface area contributed by atoms with E-state index in [1.807, 2.05) is 0 Å². The lowest BCUT2D eigenvalue weighted by molar-refractivity contribution is -0.142. The minimum atomic E-state index is -0.963. The molecular weight excluding hydrogens is 331 g/mol. The molecule has 1 atom stereocenters.